The Balaban J connectivity index is 1.53. The van der Waals surface area contributed by atoms with Gasteiger partial charge in [-0.1, -0.05) is 23.7 Å². The third-order valence-electron chi connectivity index (χ3n) is 5.16. The summed E-state index contributed by atoms with van der Waals surface area (Å²) in [7, 11) is -4.21. The number of likely N-dealkylation sites (tertiary alicyclic amines) is 1. The Morgan fingerprint density at radius 2 is 1.94 bits per heavy atom. The van der Waals surface area contributed by atoms with Gasteiger partial charge in [-0.3, -0.25) is 4.90 Å². The first-order valence-corrected chi connectivity index (χ1v) is 12.6. The molecule has 1 aliphatic rings. The lowest BCUT2D eigenvalue weighted by molar-refractivity contribution is 0.172. The second-order valence-electron chi connectivity index (χ2n) is 7.37. The summed E-state index contributed by atoms with van der Waals surface area (Å²) in [5.41, 5.74) is 3.74. The van der Waals surface area contributed by atoms with Gasteiger partial charge in [0.05, 0.1) is 17.0 Å². The quantitative estimate of drug-likeness (QED) is 0.495. The summed E-state index contributed by atoms with van der Waals surface area (Å²) in [4.78, 5) is 5.23. The van der Waals surface area contributed by atoms with Crippen LogP contribution >= 0.6 is 22.9 Å². The fraction of sp³-hybridized carbons (Fsp3) is 0.286. The number of thiazole rings is 1. The van der Waals surface area contributed by atoms with Crippen molar-refractivity contribution in [1.82, 2.24) is 9.88 Å². The van der Waals surface area contributed by atoms with Crippen molar-refractivity contribution in [2.24, 2.45) is 0 Å². The van der Waals surface area contributed by atoms with Crippen molar-refractivity contribution in [3.05, 3.63) is 74.7 Å². The average Bonchev–Trinajstić information content (AvgIpc) is 3.15. The Morgan fingerprint density at radius 3 is 2.55 bits per heavy atom. The number of anilines is 1. The third kappa shape index (κ3) is 5.06. The Bertz CT molecular complexity index is 1160. The van der Waals surface area contributed by atoms with Gasteiger partial charge in [-0.05, 0) is 48.8 Å². The van der Waals surface area contributed by atoms with Crippen molar-refractivity contribution in [2.75, 3.05) is 18.4 Å². The van der Waals surface area contributed by atoms with Gasteiger partial charge in [-0.15, -0.1) is 11.3 Å². The maximum absolute atomic E-state index is 14.6. The number of nitrogens with zero attached hydrogens (tertiary/aromatic N) is 2. The van der Waals surface area contributed by atoms with Gasteiger partial charge in [-0.25, -0.2) is 22.2 Å². The molecule has 164 valence electrons. The Hall–Kier alpha value is -2.07. The summed E-state index contributed by atoms with van der Waals surface area (Å²) in [6.07, 6.45) is 1.17. The van der Waals surface area contributed by atoms with Gasteiger partial charge in [0.2, 0.25) is 0 Å². The van der Waals surface area contributed by atoms with Crippen molar-refractivity contribution in [3.8, 4) is 0 Å². The molecular weight excluding hydrogens is 464 g/mol. The summed E-state index contributed by atoms with van der Waals surface area (Å²) in [5.74, 6) is -2.84. The zero-order valence-electron chi connectivity index (χ0n) is 16.4. The number of hydrogen-bond acceptors (Lipinski definition) is 6. The molecule has 2 heterocycles. The number of sulfone groups is 1. The zero-order chi connectivity index (χ0) is 22.0. The van der Waals surface area contributed by atoms with E-state index in [1.807, 2.05) is 12.1 Å². The maximum Gasteiger partial charge on any atom is 0.189 e. The highest BCUT2D eigenvalue weighted by Gasteiger charge is 2.26. The van der Waals surface area contributed by atoms with Crippen molar-refractivity contribution in [1.29, 1.82) is 0 Å². The van der Waals surface area contributed by atoms with Crippen LogP contribution in [-0.2, 0) is 28.7 Å². The van der Waals surface area contributed by atoms with Crippen LogP contribution in [-0.4, -0.2) is 31.4 Å². The minimum atomic E-state index is -4.21. The van der Waals surface area contributed by atoms with Crippen molar-refractivity contribution < 1.29 is 17.2 Å². The third-order valence-corrected chi connectivity index (χ3v) is 7.84. The van der Waals surface area contributed by atoms with Gasteiger partial charge in [0.25, 0.3) is 0 Å². The van der Waals surface area contributed by atoms with E-state index in [4.69, 9.17) is 11.6 Å². The number of nitrogens with one attached hydrogen (secondary N) is 1. The second kappa shape index (κ2) is 9.20. The molecule has 1 aromatic heterocycles. The lowest BCUT2D eigenvalue weighted by Gasteiger charge is -2.31. The molecule has 0 amide bonds. The van der Waals surface area contributed by atoms with E-state index in [1.165, 1.54) is 28.6 Å². The van der Waals surface area contributed by atoms with E-state index < -0.39 is 32.1 Å². The minimum Gasteiger partial charge on any atom is -0.381 e. The van der Waals surface area contributed by atoms with Gasteiger partial charge in [-0.2, -0.15) is 0 Å². The predicted octanol–water partition coefficient (Wildman–Crippen LogP) is 4.87. The van der Waals surface area contributed by atoms with Gasteiger partial charge in [0.15, 0.2) is 9.84 Å². The molecule has 10 heteroatoms. The van der Waals surface area contributed by atoms with Crippen LogP contribution in [0.4, 0.5) is 14.5 Å². The molecule has 1 saturated heterocycles. The van der Waals surface area contributed by atoms with E-state index in [2.05, 4.69) is 15.2 Å². The van der Waals surface area contributed by atoms with E-state index in [-0.39, 0.29) is 17.9 Å². The van der Waals surface area contributed by atoms with Crippen molar-refractivity contribution in [2.45, 2.75) is 30.2 Å². The van der Waals surface area contributed by atoms with E-state index in [9.17, 15) is 17.2 Å². The molecule has 0 bridgehead atoms. The molecule has 5 nitrogen and oxygen atoms in total. The van der Waals surface area contributed by atoms with Crippen molar-refractivity contribution >= 4 is 38.5 Å². The van der Waals surface area contributed by atoms with Gasteiger partial charge >= 0.3 is 0 Å². The van der Waals surface area contributed by atoms with E-state index in [1.54, 1.807) is 6.07 Å². The molecule has 0 aliphatic carbocycles. The molecule has 0 spiro atoms. The molecule has 3 aromatic rings. The standard InChI is InChI=1S/C21H20ClF2N3O2S2/c22-18-4-1-3-14(10-27-5-2-6-27)17(18)9-25-15-7-19(23)21(20(24)8-15)31(28,29)12-16-11-30-13-26-16/h1,3-4,7-8,11,13,25H,2,5-6,9-10,12H2. The number of hydrogen-bond donors (Lipinski definition) is 1. The first-order valence-electron chi connectivity index (χ1n) is 9.65. The van der Waals surface area contributed by atoms with E-state index in [0.29, 0.717) is 5.02 Å². The highest BCUT2D eigenvalue weighted by Crippen LogP contribution is 2.28. The first kappa shape index (κ1) is 22.1. The summed E-state index contributed by atoms with van der Waals surface area (Å²) in [5, 5.41) is 5.07. The summed E-state index contributed by atoms with van der Waals surface area (Å²) < 4.78 is 54.3. The van der Waals surface area contributed by atoms with Gasteiger partial charge < -0.3 is 5.32 Å². The Labute approximate surface area is 188 Å². The molecule has 0 saturated carbocycles. The van der Waals surface area contributed by atoms with Crippen LogP contribution in [0.5, 0.6) is 0 Å². The second-order valence-corrected chi connectivity index (χ2v) is 10.4. The predicted molar refractivity (Wildman–Crippen MR) is 118 cm³/mol. The lowest BCUT2D eigenvalue weighted by Crippen LogP contribution is -2.36. The van der Waals surface area contributed by atoms with Gasteiger partial charge in [0.1, 0.15) is 16.5 Å². The van der Waals surface area contributed by atoms with Crippen LogP contribution in [0, 0.1) is 11.6 Å². The number of benzene rings is 2. The monoisotopic (exact) mass is 483 g/mol. The van der Waals surface area contributed by atoms with Crippen LogP contribution in [0.25, 0.3) is 0 Å². The summed E-state index contributed by atoms with van der Waals surface area (Å²) in [6.45, 7) is 3.08. The number of halogens is 3. The normalized spacial score (nSPS) is 14.4. The SMILES string of the molecule is O=S(=O)(Cc1cscn1)c1c(F)cc(NCc2c(Cl)cccc2CN2CCC2)cc1F. The highest BCUT2D eigenvalue weighted by atomic mass is 35.5. The fourth-order valence-electron chi connectivity index (χ4n) is 3.46. The molecular formula is C21H20ClF2N3O2S2. The summed E-state index contributed by atoms with van der Waals surface area (Å²) in [6, 6.07) is 7.61. The average molecular weight is 484 g/mol. The maximum atomic E-state index is 14.6. The number of rotatable bonds is 8. The van der Waals surface area contributed by atoms with Crippen LogP contribution in [0.15, 0.2) is 46.1 Å². The summed E-state index contributed by atoms with van der Waals surface area (Å²) >= 11 is 7.58. The zero-order valence-corrected chi connectivity index (χ0v) is 18.8. The molecule has 2 aromatic carbocycles. The first-order chi connectivity index (χ1) is 14.8. The lowest BCUT2D eigenvalue weighted by atomic mass is 10.0. The molecule has 31 heavy (non-hydrogen) atoms. The Morgan fingerprint density at radius 1 is 1.19 bits per heavy atom. The van der Waals surface area contributed by atoms with Crippen LogP contribution in [0.2, 0.25) is 5.02 Å². The molecule has 1 aliphatic heterocycles. The number of aromatic nitrogens is 1. The molecule has 4 rings (SSSR count). The Kier molecular flexibility index (Phi) is 6.57. The van der Waals surface area contributed by atoms with E-state index in [0.717, 1.165) is 42.9 Å². The van der Waals surface area contributed by atoms with Gasteiger partial charge in [0, 0.05) is 29.2 Å². The highest BCUT2D eigenvalue weighted by molar-refractivity contribution is 7.90. The van der Waals surface area contributed by atoms with Crippen LogP contribution in [0.3, 0.4) is 0 Å². The largest absolute Gasteiger partial charge is 0.381 e. The fourth-order valence-corrected chi connectivity index (χ4v) is 5.78. The van der Waals surface area contributed by atoms with Crippen molar-refractivity contribution in [3.63, 3.8) is 0 Å². The molecule has 0 radical (unpaired) electrons. The molecule has 0 atom stereocenters. The smallest absolute Gasteiger partial charge is 0.189 e. The molecule has 1 fully saturated rings. The minimum absolute atomic E-state index is 0.137. The van der Waals surface area contributed by atoms with Crippen LogP contribution in [0.1, 0.15) is 23.2 Å². The molecule has 1 N–H and O–H groups in total. The molecule has 0 unspecified atom stereocenters. The van der Waals surface area contributed by atoms with E-state index >= 15 is 0 Å². The van der Waals surface area contributed by atoms with Crippen LogP contribution < -0.4 is 5.32 Å². The topological polar surface area (TPSA) is 62.3 Å².